The minimum atomic E-state index is -0.514. The largest absolute Gasteiger partial charge is 0.457 e. The molecule has 2 rings (SSSR count). The first-order valence-corrected chi connectivity index (χ1v) is 7.61. The first-order valence-electron chi connectivity index (χ1n) is 6.44. The lowest BCUT2D eigenvalue weighted by Crippen LogP contribution is -2.13. The summed E-state index contributed by atoms with van der Waals surface area (Å²) in [6, 6.07) is 12.0. The van der Waals surface area contributed by atoms with Crippen molar-refractivity contribution in [3.05, 3.63) is 63.1 Å². The number of esters is 1. The Labute approximate surface area is 141 Å². The summed E-state index contributed by atoms with van der Waals surface area (Å²) in [5, 5.41) is 3.23. The van der Waals surface area contributed by atoms with Gasteiger partial charge in [-0.15, -0.1) is 0 Å². The molecule has 0 aromatic heterocycles. The van der Waals surface area contributed by atoms with Gasteiger partial charge in [-0.2, -0.15) is 0 Å². The maximum absolute atomic E-state index is 12.2. The maximum atomic E-state index is 12.2. The number of ether oxygens (including phenoxy) is 1. The summed E-state index contributed by atoms with van der Waals surface area (Å²) in [5.74, 6) is -0.769. The summed E-state index contributed by atoms with van der Waals surface area (Å²) in [4.78, 5) is 23.4. The third-order valence-corrected chi connectivity index (χ3v) is 3.54. The molecule has 0 aliphatic carbocycles. The summed E-state index contributed by atoms with van der Waals surface area (Å²) in [5.41, 5.74) is 1.53. The molecule has 0 saturated carbocycles. The highest BCUT2D eigenvalue weighted by atomic mass is 79.9. The second-order valence-corrected chi connectivity index (χ2v) is 5.93. The van der Waals surface area contributed by atoms with Gasteiger partial charge in [-0.25, -0.2) is 4.79 Å². The molecule has 0 atom stereocenters. The predicted molar refractivity (Wildman–Crippen MR) is 89.0 cm³/mol. The van der Waals surface area contributed by atoms with Crippen LogP contribution >= 0.6 is 27.5 Å². The van der Waals surface area contributed by atoms with Crippen LogP contribution in [0.4, 0.5) is 5.69 Å². The van der Waals surface area contributed by atoms with Crippen LogP contribution in [-0.4, -0.2) is 11.9 Å². The number of benzene rings is 2. The van der Waals surface area contributed by atoms with E-state index in [9.17, 15) is 9.59 Å². The van der Waals surface area contributed by atoms with Crippen LogP contribution < -0.4 is 5.32 Å². The molecule has 114 valence electrons. The number of hydrogen-bond donors (Lipinski definition) is 1. The summed E-state index contributed by atoms with van der Waals surface area (Å²) in [7, 11) is 0. The van der Waals surface area contributed by atoms with Crippen LogP contribution in [-0.2, 0) is 16.1 Å². The first kappa shape index (κ1) is 16.5. The van der Waals surface area contributed by atoms with E-state index in [1.807, 2.05) is 0 Å². The van der Waals surface area contributed by atoms with Crippen LogP contribution in [0.5, 0.6) is 0 Å². The zero-order chi connectivity index (χ0) is 16.1. The van der Waals surface area contributed by atoms with Crippen molar-refractivity contribution >= 4 is 45.1 Å². The third kappa shape index (κ3) is 4.58. The molecule has 0 heterocycles. The normalized spacial score (nSPS) is 10.1. The van der Waals surface area contributed by atoms with E-state index in [-0.39, 0.29) is 12.5 Å². The monoisotopic (exact) mass is 381 g/mol. The molecule has 0 unspecified atom stereocenters. The van der Waals surface area contributed by atoms with Crippen molar-refractivity contribution in [2.24, 2.45) is 0 Å². The second kappa shape index (κ2) is 7.42. The first-order chi connectivity index (χ1) is 10.5. The lowest BCUT2D eigenvalue weighted by atomic mass is 10.1. The Bertz CT molecular complexity index is 701. The van der Waals surface area contributed by atoms with Gasteiger partial charge in [0.2, 0.25) is 5.91 Å². The van der Waals surface area contributed by atoms with Gasteiger partial charge in [0.15, 0.2) is 0 Å². The highest BCUT2D eigenvalue weighted by Crippen LogP contribution is 2.22. The Kier molecular flexibility index (Phi) is 5.57. The molecule has 0 radical (unpaired) electrons. The van der Waals surface area contributed by atoms with Gasteiger partial charge < -0.3 is 10.1 Å². The van der Waals surface area contributed by atoms with Gasteiger partial charge in [0.1, 0.15) is 6.61 Å². The average Bonchev–Trinajstić information content (AvgIpc) is 2.48. The minimum absolute atomic E-state index is 0.127. The van der Waals surface area contributed by atoms with Crippen LogP contribution in [0.25, 0.3) is 0 Å². The number of amides is 1. The zero-order valence-electron chi connectivity index (χ0n) is 11.7. The van der Waals surface area contributed by atoms with E-state index in [2.05, 4.69) is 21.2 Å². The van der Waals surface area contributed by atoms with Gasteiger partial charge in [0.25, 0.3) is 0 Å². The van der Waals surface area contributed by atoms with Crippen LogP contribution in [0.15, 0.2) is 46.9 Å². The van der Waals surface area contributed by atoms with E-state index in [1.165, 1.54) is 6.92 Å². The molecule has 0 fully saturated rings. The average molecular weight is 383 g/mol. The molecule has 0 aliphatic rings. The van der Waals surface area contributed by atoms with Gasteiger partial charge >= 0.3 is 5.97 Å². The predicted octanol–water partition coefficient (Wildman–Crippen LogP) is 4.42. The van der Waals surface area contributed by atoms with Gasteiger partial charge in [-0.05, 0) is 35.9 Å². The van der Waals surface area contributed by atoms with Crippen molar-refractivity contribution in [1.29, 1.82) is 0 Å². The van der Waals surface area contributed by atoms with Crippen LogP contribution in [0.2, 0.25) is 5.02 Å². The highest BCUT2D eigenvalue weighted by molar-refractivity contribution is 9.10. The lowest BCUT2D eigenvalue weighted by molar-refractivity contribution is -0.114. The summed E-state index contributed by atoms with van der Waals surface area (Å²) < 4.78 is 6.00. The molecule has 0 aliphatic heterocycles. The number of carbonyl (C=O) groups is 2. The second-order valence-electron chi connectivity index (χ2n) is 4.57. The number of halogens is 2. The number of anilines is 1. The fourth-order valence-electron chi connectivity index (χ4n) is 1.79. The quantitative estimate of drug-likeness (QED) is 0.797. The van der Waals surface area contributed by atoms with Crippen molar-refractivity contribution in [3.8, 4) is 0 Å². The molecular formula is C16H13BrClNO3. The Morgan fingerprint density at radius 2 is 1.86 bits per heavy atom. The SMILES string of the molecule is CC(=O)Nc1ccc(Br)cc1C(=O)OCc1ccc(Cl)cc1. The van der Waals surface area contributed by atoms with Crippen molar-refractivity contribution in [2.75, 3.05) is 5.32 Å². The van der Waals surface area contributed by atoms with Gasteiger partial charge in [0, 0.05) is 16.4 Å². The van der Waals surface area contributed by atoms with E-state index in [0.717, 1.165) is 10.0 Å². The fraction of sp³-hybridized carbons (Fsp3) is 0.125. The molecule has 2 aromatic carbocycles. The smallest absolute Gasteiger partial charge is 0.340 e. The van der Waals surface area contributed by atoms with Gasteiger partial charge in [-0.1, -0.05) is 39.7 Å². The lowest BCUT2D eigenvalue weighted by Gasteiger charge is -2.10. The standard InChI is InChI=1S/C16H13BrClNO3/c1-10(20)19-15-7-4-12(17)8-14(15)16(21)22-9-11-2-5-13(18)6-3-11/h2-8H,9H2,1H3,(H,19,20). The fourth-order valence-corrected chi connectivity index (χ4v) is 2.28. The number of carbonyl (C=O) groups excluding carboxylic acids is 2. The van der Waals surface area contributed by atoms with E-state index in [0.29, 0.717) is 16.3 Å². The van der Waals surface area contributed by atoms with Crippen molar-refractivity contribution in [1.82, 2.24) is 0 Å². The Morgan fingerprint density at radius 1 is 1.18 bits per heavy atom. The molecule has 1 amide bonds. The van der Waals surface area contributed by atoms with E-state index < -0.39 is 5.97 Å². The zero-order valence-corrected chi connectivity index (χ0v) is 14.1. The molecule has 22 heavy (non-hydrogen) atoms. The molecule has 2 aromatic rings. The van der Waals surface area contributed by atoms with Crippen LogP contribution in [0.1, 0.15) is 22.8 Å². The Hall–Kier alpha value is -1.85. The minimum Gasteiger partial charge on any atom is -0.457 e. The van der Waals surface area contributed by atoms with Crippen molar-refractivity contribution < 1.29 is 14.3 Å². The Morgan fingerprint density at radius 3 is 2.50 bits per heavy atom. The van der Waals surface area contributed by atoms with E-state index in [4.69, 9.17) is 16.3 Å². The summed E-state index contributed by atoms with van der Waals surface area (Å²) >= 11 is 9.10. The maximum Gasteiger partial charge on any atom is 0.340 e. The molecule has 4 nitrogen and oxygen atoms in total. The topological polar surface area (TPSA) is 55.4 Å². The molecular weight excluding hydrogens is 370 g/mol. The number of rotatable bonds is 4. The third-order valence-electron chi connectivity index (χ3n) is 2.80. The highest BCUT2D eigenvalue weighted by Gasteiger charge is 2.14. The Balaban J connectivity index is 2.12. The van der Waals surface area contributed by atoms with Crippen LogP contribution in [0, 0.1) is 0 Å². The van der Waals surface area contributed by atoms with Gasteiger partial charge in [-0.3, -0.25) is 4.79 Å². The van der Waals surface area contributed by atoms with Crippen molar-refractivity contribution in [2.45, 2.75) is 13.5 Å². The van der Waals surface area contributed by atoms with Crippen LogP contribution in [0.3, 0.4) is 0 Å². The van der Waals surface area contributed by atoms with Crippen molar-refractivity contribution in [3.63, 3.8) is 0 Å². The number of hydrogen-bond acceptors (Lipinski definition) is 3. The summed E-state index contributed by atoms with van der Waals surface area (Å²) in [6.07, 6.45) is 0. The number of nitrogens with one attached hydrogen (secondary N) is 1. The van der Waals surface area contributed by atoms with E-state index in [1.54, 1.807) is 42.5 Å². The molecule has 0 saturated heterocycles. The van der Waals surface area contributed by atoms with E-state index >= 15 is 0 Å². The summed E-state index contributed by atoms with van der Waals surface area (Å²) in [6.45, 7) is 1.51. The molecule has 1 N–H and O–H groups in total. The molecule has 0 bridgehead atoms. The van der Waals surface area contributed by atoms with Gasteiger partial charge in [0.05, 0.1) is 11.3 Å². The molecule has 6 heteroatoms. The molecule has 0 spiro atoms.